The normalized spacial score (nSPS) is 8.80. The summed E-state index contributed by atoms with van der Waals surface area (Å²) in [6, 6.07) is 0. The highest BCUT2D eigenvalue weighted by atomic mass is 13.7. The van der Waals surface area contributed by atoms with E-state index in [9.17, 15) is 0 Å². The fourth-order valence-electron chi connectivity index (χ4n) is 0.285. The van der Waals surface area contributed by atoms with Crippen LogP contribution >= 0.6 is 0 Å². The fourth-order valence-corrected chi connectivity index (χ4v) is 0.285. The molecular formula is C10H20. The molecule has 60 valence electrons. The summed E-state index contributed by atoms with van der Waals surface area (Å²) in [7, 11) is 0. The maximum atomic E-state index is 3.66. The third kappa shape index (κ3) is 25.9. The van der Waals surface area contributed by atoms with Crippen molar-refractivity contribution in [2.45, 2.75) is 40.5 Å². The Hall–Kier alpha value is -0.520. The predicted molar refractivity (Wildman–Crippen MR) is 50.2 cm³/mol. The molecule has 0 saturated heterocycles. The second kappa shape index (κ2) is 11.3. The van der Waals surface area contributed by atoms with Gasteiger partial charge in [0.25, 0.3) is 0 Å². The summed E-state index contributed by atoms with van der Waals surface area (Å²) in [5.74, 6) is 0. The first kappa shape index (κ1) is 12.2. The van der Waals surface area contributed by atoms with Gasteiger partial charge in [0, 0.05) is 0 Å². The molecule has 0 aromatic heterocycles. The number of unbranched alkanes of at least 4 members (excludes halogenated alkanes) is 1. The van der Waals surface area contributed by atoms with Crippen molar-refractivity contribution in [1.29, 1.82) is 0 Å². The van der Waals surface area contributed by atoms with Crippen LogP contribution in [0.4, 0.5) is 0 Å². The van der Waals surface area contributed by atoms with Gasteiger partial charge in [-0.2, -0.15) is 0 Å². The minimum absolute atomic E-state index is 1.11. The van der Waals surface area contributed by atoms with Gasteiger partial charge in [0.15, 0.2) is 0 Å². The molecule has 0 amide bonds. The van der Waals surface area contributed by atoms with Gasteiger partial charge >= 0.3 is 0 Å². The summed E-state index contributed by atoms with van der Waals surface area (Å²) in [6.07, 6.45) is 6.59. The van der Waals surface area contributed by atoms with Crippen molar-refractivity contribution < 1.29 is 0 Å². The minimum Gasteiger partial charge on any atom is -0.0961 e. The number of hydrogen-bond acceptors (Lipinski definition) is 0. The Balaban J connectivity index is 0. The van der Waals surface area contributed by atoms with Gasteiger partial charge in [0.1, 0.15) is 0 Å². The van der Waals surface area contributed by atoms with E-state index in [4.69, 9.17) is 0 Å². The van der Waals surface area contributed by atoms with Gasteiger partial charge in [0.2, 0.25) is 0 Å². The van der Waals surface area contributed by atoms with Crippen LogP contribution < -0.4 is 0 Å². The molecule has 0 aliphatic rings. The second-order valence-electron chi connectivity index (χ2n) is 2.35. The topological polar surface area (TPSA) is 0 Å². The van der Waals surface area contributed by atoms with E-state index in [0.29, 0.717) is 0 Å². The first-order valence-electron chi connectivity index (χ1n) is 3.97. The first-order valence-corrected chi connectivity index (χ1v) is 3.97. The molecule has 0 aliphatic carbocycles. The Kier molecular flexibility index (Phi) is 13.8. The third-order valence-corrected chi connectivity index (χ3v) is 0.951. The van der Waals surface area contributed by atoms with Crippen LogP contribution in [-0.2, 0) is 0 Å². The van der Waals surface area contributed by atoms with E-state index in [2.05, 4.69) is 20.4 Å². The molecule has 10 heavy (non-hydrogen) atoms. The van der Waals surface area contributed by atoms with Crippen LogP contribution in [0.1, 0.15) is 40.5 Å². The quantitative estimate of drug-likeness (QED) is 0.509. The minimum atomic E-state index is 1.11. The Morgan fingerprint density at radius 3 is 1.70 bits per heavy atom. The monoisotopic (exact) mass is 140 g/mol. The molecular weight excluding hydrogens is 120 g/mol. The molecule has 0 unspecified atom stereocenters. The Morgan fingerprint density at radius 2 is 1.70 bits per heavy atom. The highest BCUT2D eigenvalue weighted by Crippen LogP contribution is 1.85. The van der Waals surface area contributed by atoms with Gasteiger partial charge in [0.05, 0.1) is 0 Å². The molecule has 0 heteroatoms. The van der Waals surface area contributed by atoms with E-state index in [1.807, 2.05) is 26.0 Å². The van der Waals surface area contributed by atoms with Gasteiger partial charge in [-0.15, -0.1) is 0 Å². The van der Waals surface area contributed by atoms with Crippen molar-refractivity contribution in [3.8, 4) is 0 Å². The summed E-state index contributed by atoms with van der Waals surface area (Å²) in [6.45, 7) is 12.0. The molecule has 0 atom stereocenters. The first-order chi connectivity index (χ1) is 4.68. The molecule has 0 rings (SSSR count). The Morgan fingerprint density at radius 1 is 1.30 bits per heavy atom. The van der Waals surface area contributed by atoms with Crippen molar-refractivity contribution in [2.75, 3.05) is 0 Å². The van der Waals surface area contributed by atoms with Crippen LogP contribution in [0.15, 0.2) is 24.3 Å². The average molecular weight is 140 g/mol. The fraction of sp³-hybridized carbons (Fsp3) is 0.600. The van der Waals surface area contributed by atoms with Gasteiger partial charge in [-0.05, 0) is 13.8 Å². The molecule has 0 aliphatic heterocycles. The van der Waals surface area contributed by atoms with Gasteiger partial charge in [-0.3, -0.25) is 0 Å². The van der Waals surface area contributed by atoms with E-state index in [1.54, 1.807) is 0 Å². The van der Waals surface area contributed by atoms with Gasteiger partial charge < -0.3 is 0 Å². The van der Waals surface area contributed by atoms with Crippen molar-refractivity contribution in [2.24, 2.45) is 0 Å². The average Bonchev–Trinajstić information content (AvgIpc) is 1.89. The number of hydrogen-bond donors (Lipinski definition) is 0. The standard InChI is InChI=1S/C6H10.C4H10/c1-4-5-6(2)3;1-3-4-2/h4-5H,2H2,1,3H3;3-4H2,1-2H3/b5-4+;. The predicted octanol–water partition coefficient (Wildman–Crippen LogP) is 3.95. The molecule has 0 aromatic rings. The highest BCUT2D eigenvalue weighted by Gasteiger charge is 1.63. The van der Waals surface area contributed by atoms with Crippen molar-refractivity contribution in [3.63, 3.8) is 0 Å². The van der Waals surface area contributed by atoms with E-state index < -0.39 is 0 Å². The Labute approximate surface area is 65.7 Å². The maximum absolute atomic E-state index is 3.66. The molecule has 0 radical (unpaired) electrons. The molecule has 0 bridgehead atoms. The molecule has 0 nitrogen and oxygen atoms in total. The summed E-state index contributed by atoms with van der Waals surface area (Å²) >= 11 is 0. The highest BCUT2D eigenvalue weighted by molar-refractivity contribution is 5.09. The lowest BCUT2D eigenvalue weighted by Gasteiger charge is -1.75. The largest absolute Gasteiger partial charge is 0.0961 e. The van der Waals surface area contributed by atoms with E-state index in [-0.39, 0.29) is 0 Å². The van der Waals surface area contributed by atoms with Crippen LogP contribution in [0, 0.1) is 0 Å². The Bertz CT molecular complexity index is 86.2. The van der Waals surface area contributed by atoms with Gasteiger partial charge in [-0.1, -0.05) is 51.0 Å². The van der Waals surface area contributed by atoms with Gasteiger partial charge in [-0.25, -0.2) is 0 Å². The van der Waals surface area contributed by atoms with Crippen molar-refractivity contribution in [3.05, 3.63) is 24.3 Å². The zero-order chi connectivity index (χ0) is 8.41. The smallest absolute Gasteiger partial charge is 0.0404 e. The van der Waals surface area contributed by atoms with E-state index in [0.717, 1.165) is 5.57 Å². The lowest BCUT2D eigenvalue weighted by Crippen LogP contribution is -1.54. The van der Waals surface area contributed by atoms with Crippen LogP contribution in [-0.4, -0.2) is 0 Å². The molecule has 0 fully saturated rings. The molecule has 0 saturated carbocycles. The van der Waals surface area contributed by atoms with Crippen molar-refractivity contribution >= 4 is 0 Å². The van der Waals surface area contributed by atoms with Crippen LogP contribution in [0.25, 0.3) is 0 Å². The third-order valence-electron chi connectivity index (χ3n) is 0.951. The maximum Gasteiger partial charge on any atom is -0.0404 e. The molecule has 0 spiro atoms. The summed E-state index contributed by atoms with van der Waals surface area (Å²) in [5.41, 5.74) is 1.11. The number of rotatable bonds is 2. The molecule has 0 N–H and O–H groups in total. The van der Waals surface area contributed by atoms with E-state index >= 15 is 0 Å². The van der Waals surface area contributed by atoms with Crippen LogP contribution in [0.2, 0.25) is 0 Å². The van der Waals surface area contributed by atoms with E-state index in [1.165, 1.54) is 12.8 Å². The lowest BCUT2D eigenvalue weighted by molar-refractivity contribution is 0.886. The summed E-state index contributed by atoms with van der Waals surface area (Å²) < 4.78 is 0. The second-order valence-corrected chi connectivity index (χ2v) is 2.35. The summed E-state index contributed by atoms with van der Waals surface area (Å²) in [5, 5.41) is 0. The zero-order valence-electron chi connectivity index (χ0n) is 7.78. The SMILES string of the molecule is C=C(C)/C=C/C.CCCC. The van der Waals surface area contributed by atoms with Crippen LogP contribution in [0.3, 0.4) is 0 Å². The van der Waals surface area contributed by atoms with Crippen LogP contribution in [0.5, 0.6) is 0 Å². The zero-order valence-corrected chi connectivity index (χ0v) is 7.78. The molecule has 0 heterocycles. The number of allylic oxidation sites excluding steroid dienone is 3. The molecule has 0 aromatic carbocycles. The van der Waals surface area contributed by atoms with Crippen molar-refractivity contribution in [1.82, 2.24) is 0 Å². The lowest BCUT2D eigenvalue weighted by atomic mass is 10.3. The summed E-state index contributed by atoms with van der Waals surface area (Å²) in [4.78, 5) is 0.